The summed E-state index contributed by atoms with van der Waals surface area (Å²) in [5.74, 6) is 0.831. The Kier molecular flexibility index (Phi) is 4.46. The van der Waals surface area contributed by atoms with E-state index in [4.69, 9.17) is 4.74 Å². The smallest absolute Gasteiger partial charge is 0.254 e. The van der Waals surface area contributed by atoms with Gasteiger partial charge in [0.1, 0.15) is 11.9 Å². The fourth-order valence-electron chi connectivity index (χ4n) is 3.89. The molecule has 5 nitrogen and oxygen atoms in total. The highest BCUT2D eigenvalue weighted by molar-refractivity contribution is 5.94. The summed E-state index contributed by atoms with van der Waals surface area (Å²) in [4.78, 5) is 16.4. The van der Waals surface area contributed by atoms with Gasteiger partial charge in [0.2, 0.25) is 0 Å². The number of ether oxygens (including phenoxy) is 1. The van der Waals surface area contributed by atoms with Gasteiger partial charge in [-0.2, -0.15) is 0 Å². The third-order valence-electron chi connectivity index (χ3n) is 5.53. The van der Waals surface area contributed by atoms with Gasteiger partial charge in [-0.3, -0.25) is 4.79 Å². The molecule has 1 amide bonds. The van der Waals surface area contributed by atoms with Crippen LogP contribution in [0.5, 0.6) is 5.75 Å². The maximum atomic E-state index is 12.2. The van der Waals surface area contributed by atoms with Gasteiger partial charge < -0.3 is 19.6 Å². The minimum atomic E-state index is -0.358. The molecule has 1 aliphatic carbocycles. The lowest BCUT2D eigenvalue weighted by atomic mass is 9.86. The lowest BCUT2D eigenvalue weighted by Gasteiger charge is -2.44. The van der Waals surface area contributed by atoms with Crippen molar-refractivity contribution in [1.29, 1.82) is 0 Å². The zero-order chi connectivity index (χ0) is 16.5. The van der Waals surface area contributed by atoms with Crippen molar-refractivity contribution in [2.24, 2.45) is 0 Å². The molecule has 5 heteroatoms. The molecule has 1 N–H and O–H groups in total. The van der Waals surface area contributed by atoms with Gasteiger partial charge in [-0.1, -0.05) is 6.42 Å². The summed E-state index contributed by atoms with van der Waals surface area (Å²) in [6, 6.07) is 8.12. The molecule has 0 spiro atoms. The van der Waals surface area contributed by atoms with E-state index in [1.807, 2.05) is 24.3 Å². The lowest BCUT2D eigenvalue weighted by Crippen LogP contribution is -2.53. The van der Waals surface area contributed by atoms with Crippen LogP contribution in [0.15, 0.2) is 24.3 Å². The number of aliphatic hydroxyl groups excluding tert-OH is 1. The summed E-state index contributed by atoms with van der Waals surface area (Å²) in [5.41, 5.74) is 0.661. The Bertz CT molecular complexity index is 571. The zero-order valence-electron chi connectivity index (χ0n) is 14.1. The number of benzene rings is 1. The number of hydrogen-bond donors (Lipinski definition) is 1. The first-order valence-corrected chi connectivity index (χ1v) is 9.17. The minimum absolute atomic E-state index is 0.0133. The quantitative estimate of drug-likeness (QED) is 0.916. The van der Waals surface area contributed by atoms with Gasteiger partial charge in [0, 0.05) is 37.5 Å². The van der Waals surface area contributed by atoms with E-state index in [0.717, 1.165) is 18.6 Å². The SMILES string of the molecule is O=C(c1ccc(OC2CC(N3CCCCC3)C2)cc1)N1CC(O)C1. The fraction of sp³-hybridized carbons (Fsp3) is 0.632. The highest BCUT2D eigenvalue weighted by Crippen LogP contribution is 2.31. The maximum Gasteiger partial charge on any atom is 0.254 e. The number of β-amino-alcohol motifs (C(OH)–C–C–N with tert-alkyl or cyclic N) is 1. The molecular weight excluding hydrogens is 304 g/mol. The summed E-state index contributed by atoms with van der Waals surface area (Å²) in [6.45, 7) is 3.38. The number of aliphatic hydroxyl groups is 1. The molecule has 2 heterocycles. The predicted molar refractivity (Wildman–Crippen MR) is 91.2 cm³/mol. The average Bonchev–Trinajstić information content (AvgIpc) is 2.55. The molecule has 3 aliphatic rings. The summed E-state index contributed by atoms with van der Waals surface area (Å²) in [5, 5.41) is 9.29. The molecular formula is C19H26N2O3. The van der Waals surface area contributed by atoms with E-state index in [1.165, 1.54) is 32.4 Å². The number of nitrogens with zero attached hydrogens (tertiary/aromatic N) is 2. The van der Waals surface area contributed by atoms with Crippen molar-refractivity contribution in [2.75, 3.05) is 26.2 Å². The Balaban J connectivity index is 1.25. The van der Waals surface area contributed by atoms with Gasteiger partial charge in [0.25, 0.3) is 5.91 Å². The van der Waals surface area contributed by atoms with E-state index < -0.39 is 0 Å². The number of carbonyl (C=O) groups is 1. The first kappa shape index (κ1) is 15.9. The second-order valence-electron chi connectivity index (χ2n) is 7.35. The van der Waals surface area contributed by atoms with Gasteiger partial charge >= 0.3 is 0 Å². The molecule has 2 aliphatic heterocycles. The van der Waals surface area contributed by atoms with E-state index in [1.54, 1.807) is 4.90 Å². The Morgan fingerprint density at radius 1 is 1.04 bits per heavy atom. The number of piperidine rings is 1. The minimum Gasteiger partial charge on any atom is -0.490 e. The van der Waals surface area contributed by atoms with Crippen molar-refractivity contribution < 1.29 is 14.6 Å². The first-order chi connectivity index (χ1) is 11.7. The van der Waals surface area contributed by atoms with E-state index in [0.29, 0.717) is 30.8 Å². The normalized spacial score (nSPS) is 28.1. The molecule has 4 rings (SSSR count). The number of carbonyl (C=O) groups excluding carboxylic acids is 1. The molecule has 1 aromatic rings. The van der Waals surface area contributed by atoms with Crippen LogP contribution in [-0.2, 0) is 0 Å². The molecule has 0 atom stereocenters. The van der Waals surface area contributed by atoms with E-state index in [2.05, 4.69) is 4.90 Å². The van der Waals surface area contributed by atoms with Crippen LogP contribution >= 0.6 is 0 Å². The Hall–Kier alpha value is -1.59. The molecule has 2 saturated heterocycles. The van der Waals surface area contributed by atoms with Crippen molar-refractivity contribution >= 4 is 5.91 Å². The summed E-state index contributed by atoms with van der Waals surface area (Å²) < 4.78 is 6.03. The molecule has 1 aromatic carbocycles. The van der Waals surface area contributed by atoms with Gasteiger partial charge in [-0.15, -0.1) is 0 Å². The summed E-state index contributed by atoms with van der Waals surface area (Å²) >= 11 is 0. The lowest BCUT2D eigenvalue weighted by molar-refractivity contribution is 0.00575. The van der Waals surface area contributed by atoms with Crippen molar-refractivity contribution in [3.05, 3.63) is 29.8 Å². The standard InChI is InChI=1S/C19H26N2O3/c22-16-12-21(13-16)19(23)14-4-6-17(7-5-14)24-18-10-15(11-18)20-8-2-1-3-9-20/h4-7,15-16,18,22H,1-3,8-13H2. The second-order valence-corrected chi connectivity index (χ2v) is 7.35. The van der Waals surface area contributed by atoms with E-state index >= 15 is 0 Å². The largest absolute Gasteiger partial charge is 0.490 e. The van der Waals surface area contributed by atoms with Crippen molar-refractivity contribution in [3.8, 4) is 5.75 Å². The summed E-state index contributed by atoms with van der Waals surface area (Å²) in [7, 11) is 0. The number of amides is 1. The molecule has 1 saturated carbocycles. The van der Waals surface area contributed by atoms with Crippen LogP contribution in [-0.4, -0.2) is 65.2 Å². The molecule has 0 unspecified atom stereocenters. The van der Waals surface area contributed by atoms with Crippen LogP contribution in [0, 0.1) is 0 Å². The van der Waals surface area contributed by atoms with Crippen LogP contribution in [0.4, 0.5) is 0 Å². The highest BCUT2D eigenvalue weighted by atomic mass is 16.5. The Morgan fingerprint density at radius 2 is 1.71 bits per heavy atom. The molecule has 0 radical (unpaired) electrons. The topological polar surface area (TPSA) is 53.0 Å². The molecule has 0 bridgehead atoms. The predicted octanol–water partition coefficient (Wildman–Crippen LogP) is 1.90. The number of rotatable bonds is 4. The van der Waals surface area contributed by atoms with Crippen LogP contribution < -0.4 is 4.74 Å². The molecule has 24 heavy (non-hydrogen) atoms. The Labute approximate surface area is 143 Å². The van der Waals surface area contributed by atoms with Crippen LogP contribution in [0.25, 0.3) is 0 Å². The monoisotopic (exact) mass is 330 g/mol. The highest BCUT2D eigenvalue weighted by Gasteiger charge is 2.35. The van der Waals surface area contributed by atoms with E-state index in [9.17, 15) is 9.90 Å². The van der Waals surface area contributed by atoms with Gasteiger partial charge in [0.05, 0.1) is 6.10 Å². The average molecular weight is 330 g/mol. The van der Waals surface area contributed by atoms with Gasteiger partial charge in [-0.05, 0) is 50.2 Å². The third-order valence-corrected chi connectivity index (χ3v) is 5.53. The van der Waals surface area contributed by atoms with Crippen LogP contribution in [0.3, 0.4) is 0 Å². The van der Waals surface area contributed by atoms with Gasteiger partial charge in [-0.25, -0.2) is 0 Å². The second kappa shape index (κ2) is 6.73. The molecule has 130 valence electrons. The number of likely N-dealkylation sites (tertiary alicyclic amines) is 2. The van der Waals surface area contributed by atoms with Crippen LogP contribution in [0.2, 0.25) is 0 Å². The number of hydrogen-bond acceptors (Lipinski definition) is 4. The molecule has 3 fully saturated rings. The Morgan fingerprint density at radius 3 is 2.33 bits per heavy atom. The van der Waals surface area contributed by atoms with Gasteiger partial charge in [0.15, 0.2) is 0 Å². The maximum absolute atomic E-state index is 12.2. The van der Waals surface area contributed by atoms with Crippen molar-refractivity contribution in [1.82, 2.24) is 9.80 Å². The van der Waals surface area contributed by atoms with Crippen molar-refractivity contribution in [2.45, 2.75) is 50.4 Å². The van der Waals surface area contributed by atoms with Crippen LogP contribution in [0.1, 0.15) is 42.5 Å². The first-order valence-electron chi connectivity index (χ1n) is 9.17. The fourth-order valence-corrected chi connectivity index (χ4v) is 3.89. The van der Waals surface area contributed by atoms with Crippen molar-refractivity contribution in [3.63, 3.8) is 0 Å². The third kappa shape index (κ3) is 3.28. The summed E-state index contributed by atoms with van der Waals surface area (Å²) in [6.07, 6.45) is 6.24. The van der Waals surface area contributed by atoms with E-state index in [-0.39, 0.29) is 12.0 Å². The zero-order valence-corrected chi connectivity index (χ0v) is 14.1. The molecule has 0 aromatic heterocycles.